The Morgan fingerprint density at radius 1 is 1.29 bits per heavy atom. The average Bonchev–Trinajstić information content (AvgIpc) is 2.25. The summed E-state index contributed by atoms with van der Waals surface area (Å²) >= 11 is 0. The van der Waals surface area contributed by atoms with Crippen molar-refractivity contribution in [2.24, 2.45) is 0 Å². The molecule has 17 heavy (non-hydrogen) atoms. The zero-order chi connectivity index (χ0) is 13.5. The highest BCUT2D eigenvalue weighted by molar-refractivity contribution is 7.79. The van der Waals surface area contributed by atoms with Gasteiger partial charge in [-0.15, -0.1) is 0 Å². The van der Waals surface area contributed by atoms with Crippen LogP contribution in [-0.4, -0.2) is 31.7 Å². The molecule has 0 heterocycles. The van der Waals surface area contributed by atoms with Gasteiger partial charge in [-0.05, 0) is 6.07 Å². The summed E-state index contributed by atoms with van der Waals surface area (Å²) in [6.07, 6.45) is 0. The molecule has 0 amide bonds. The molecule has 0 aromatic heterocycles. The Labute approximate surface area is 98.0 Å². The molecular formula is C8H10N2O6S. The first kappa shape index (κ1) is 15.1. The van der Waals surface area contributed by atoms with Gasteiger partial charge >= 0.3 is 5.69 Å². The van der Waals surface area contributed by atoms with Crippen molar-refractivity contribution in [2.45, 2.75) is 0 Å². The van der Waals surface area contributed by atoms with Crippen molar-refractivity contribution >= 4 is 16.1 Å². The van der Waals surface area contributed by atoms with E-state index in [1.807, 2.05) is 0 Å². The molecule has 0 saturated carbocycles. The summed E-state index contributed by atoms with van der Waals surface area (Å²) < 4.78 is 42.8. The second-order valence-corrected chi connectivity index (χ2v) is 3.42. The van der Waals surface area contributed by atoms with E-state index in [2.05, 4.69) is 4.98 Å². The Hall–Kier alpha value is -1.89. The van der Waals surface area contributed by atoms with E-state index in [1.165, 1.54) is 7.11 Å². The van der Waals surface area contributed by atoms with Crippen molar-refractivity contribution in [3.05, 3.63) is 23.2 Å². The van der Waals surface area contributed by atoms with E-state index < -0.39 is 10.4 Å². The Morgan fingerprint density at radius 2 is 1.76 bits per heavy atom. The van der Waals surface area contributed by atoms with Gasteiger partial charge in [0, 0.05) is 6.07 Å². The number of hydrogen-bond donors (Lipinski definition) is 1. The quantitative estimate of drug-likeness (QED) is 0.482. The lowest BCUT2D eigenvalue weighted by molar-refractivity contribution is 0.355. The number of nitrogens with zero attached hydrogens (tertiary/aromatic N) is 2. The normalized spacial score (nSPS) is 9.59. The number of methoxy groups -OCH3 is 2. The van der Waals surface area contributed by atoms with Crippen LogP contribution in [0.1, 0.15) is 0 Å². The van der Waals surface area contributed by atoms with Gasteiger partial charge in [0.2, 0.25) is 15.8 Å². The molecule has 0 atom stereocenters. The standard InChI is InChI=1S/C8H9N2O2.H2O4S/c1-11-7-4-3-6(10-9)5-8(7)12-2;1-5(2,3)4/h3-5H,1-2H3;(H2,1,2,3,4)/q+1;/p-1. The Bertz CT molecular complexity index is 499. The number of diazo groups is 1. The molecule has 0 saturated heterocycles. The van der Waals surface area contributed by atoms with Gasteiger partial charge in [-0.3, -0.25) is 4.55 Å². The van der Waals surface area contributed by atoms with Crippen LogP contribution in [0.25, 0.3) is 4.98 Å². The fourth-order valence-electron chi connectivity index (χ4n) is 0.887. The number of hydrogen-bond acceptors (Lipinski definition) is 6. The van der Waals surface area contributed by atoms with Crippen molar-refractivity contribution in [3.8, 4) is 11.5 Å². The molecule has 8 nitrogen and oxygen atoms in total. The molecule has 1 aromatic rings. The molecule has 0 spiro atoms. The zero-order valence-corrected chi connectivity index (χ0v) is 9.84. The van der Waals surface area contributed by atoms with Crippen LogP contribution < -0.4 is 9.47 Å². The van der Waals surface area contributed by atoms with Crippen molar-refractivity contribution in [1.29, 1.82) is 5.39 Å². The van der Waals surface area contributed by atoms with E-state index in [0.717, 1.165) is 0 Å². The zero-order valence-electron chi connectivity index (χ0n) is 9.02. The van der Waals surface area contributed by atoms with Crippen LogP contribution in [-0.2, 0) is 10.4 Å². The molecule has 1 N–H and O–H groups in total. The second-order valence-electron chi connectivity index (χ2n) is 2.57. The Morgan fingerprint density at radius 3 is 2.12 bits per heavy atom. The van der Waals surface area contributed by atoms with E-state index >= 15 is 0 Å². The molecule has 0 fully saturated rings. The third-order valence-electron chi connectivity index (χ3n) is 1.48. The molecule has 0 unspecified atom stereocenters. The highest BCUT2D eigenvalue weighted by Crippen LogP contribution is 2.30. The largest absolute Gasteiger partial charge is 0.726 e. The van der Waals surface area contributed by atoms with Crippen molar-refractivity contribution in [3.63, 3.8) is 0 Å². The fraction of sp³-hybridized carbons (Fsp3) is 0.250. The van der Waals surface area contributed by atoms with E-state index in [0.29, 0.717) is 17.2 Å². The van der Waals surface area contributed by atoms with Crippen LogP contribution >= 0.6 is 0 Å². The lowest BCUT2D eigenvalue weighted by Crippen LogP contribution is -1.90. The molecule has 0 aliphatic rings. The minimum Gasteiger partial charge on any atom is -0.726 e. The molecule has 94 valence electrons. The SMILES string of the molecule is COc1ccc([N+]#N)cc1OC.O=S(=O)([O-])O. The van der Waals surface area contributed by atoms with Gasteiger partial charge in [-0.25, -0.2) is 8.42 Å². The first-order valence-electron chi connectivity index (χ1n) is 4.07. The molecule has 0 radical (unpaired) electrons. The van der Waals surface area contributed by atoms with Crippen LogP contribution in [0.5, 0.6) is 11.5 Å². The van der Waals surface area contributed by atoms with E-state index in [1.54, 1.807) is 25.3 Å². The van der Waals surface area contributed by atoms with Gasteiger partial charge in [0.1, 0.15) is 0 Å². The smallest absolute Gasteiger partial charge is 0.389 e. The lowest BCUT2D eigenvalue weighted by atomic mass is 10.3. The summed E-state index contributed by atoms with van der Waals surface area (Å²) in [6.45, 7) is 0. The third-order valence-corrected chi connectivity index (χ3v) is 1.48. The number of rotatable bonds is 2. The van der Waals surface area contributed by atoms with Gasteiger partial charge in [0.15, 0.2) is 16.5 Å². The van der Waals surface area contributed by atoms with E-state index in [9.17, 15) is 0 Å². The van der Waals surface area contributed by atoms with Crippen molar-refractivity contribution < 1.29 is 27.0 Å². The fourth-order valence-corrected chi connectivity index (χ4v) is 0.887. The maximum atomic E-state index is 8.63. The average molecular weight is 262 g/mol. The second kappa shape index (κ2) is 6.64. The predicted molar refractivity (Wildman–Crippen MR) is 56.6 cm³/mol. The Kier molecular flexibility index (Phi) is 5.90. The van der Waals surface area contributed by atoms with Crippen molar-refractivity contribution in [1.82, 2.24) is 0 Å². The first-order valence-corrected chi connectivity index (χ1v) is 5.43. The summed E-state index contributed by atoms with van der Waals surface area (Å²) in [5, 5.41) is 8.45. The summed E-state index contributed by atoms with van der Waals surface area (Å²) in [5.74, 6) is 1.16. The summed E-state index contributed by atoms with van der Waals surface area (Å²) in [4.78, 5) is 3.02. The highest BCUT2D eigenvalue weighted by Gasteiger charge is 2.10. The van der Waals surface area contributed by atoms with Gasteiger partial charge in [-0.1, -0.05) is 0 Å². The van der Waals surface area contributed by atoms with Crippen molar-refractivity contribution in [2.75, 3.05) is 14.2 Å². The highest BCUT2D eigenvalue weighted by atomic mass is 32.3. The van der Waals surface area contributed by atoms with Gasteiger partial charge in [0.05, 0.1) is 20.3 Å². The van der Waals surface area contributed by atoms with Crippen LogP contribution in [0.3, 0.4) is 0 Å². The molecule has 0 aliphatic heterocycles. The topological polar surface area (TPSA) is 124 Å². The monoisotopic (exact) mass is 262 g/mol. The van der Waals surface area contributed by atoms with Crippen LogP contribution in [0.4, 0.5) is 5.69 Å². The molecular weight excluding hydrogens is 252 g/mol. The van der Waals surface area contributed by atoms with Crippen LogP contribution in [0, 0.1) is 5.39 Å². The van der Waals surface area contributed by atoms with E-state index in [4.69, 9.17) is 32.4 Å². The summed E-state index contributed by atoms with van der Waals surface area (Å²) in [7, 11) is -1.84. The van der Waals surface area contributed by atoms with Gasteiger partial charge in [-0.2, -0.15) is 0 Å². The maximum Gasteiger partial charge on any atom is 0.389 e. The molecule has 1 rings (SSSR count). The van der Waals surface area contributed by atoms with Crippen LogP contribution in [0.2, 0.25) is 0 Å². The summed E-state index contributed by atoms with van der Waals surface area (Å²) in [6, 6.07) is 4.88. The molecule has 1 aromatic carbocycles. The van der Waals surface area contributed by atoms with Crippen LogP contribution in [0.15, 0.2) is 18.2 Å². The lowest BCUT2D eigenvalue weighted by Gasteiger charge is -2.03. The van der Waals surface area contributed by atoms with Gasteiger partial charge < -0.3 is 14.0 Å². The maximum absolute atomic E-state index is 8.63. The third kappa shape index (κ3) is 7.07. The molecule has 9 heteroatoms. The number of ether oxygens (including phenoxy) is 2. The molecule has 0 bridgehead atoms. The van der Waals surface area contributed by atoms with E-state index in [-0.39, 0.29) is 0 Å². The summed E-state index contributed by atoms with van der Waals surface area (Å²) in [5.41, 5.74) is 0.438. The minimum atomic E-state index is -4.92. The predicted octanol–water partition coefficient (Wildman–Crippen LogP) is 1.19. The molecule has 0 aliphatic carbocycles. The first-order chi connectivity index (χ1) is 7.81. The Balaban J connectivity index is 0.000000437. The number of benzene rings is 1. The van der Waals surface area contributed by atoms with Gasteiger partial charge in [0.25, 0.3) is 0 Å². The minimum absolute atomic E-state index is 0.438.